The van der Waals surface area contributed by atoms with Crippen LogP contribution in [-0.2, 0) is 12.8 Å². The summed E-state index contributed by atoms with van der Waals surface area (Å²) in [7, 11) is 0. The van der Waals surface area contributed by atoms with E-state index in [1.165, 1.54) is 12.1 Å². The molecule has 4 rings (SSSR count). The van der Waals surface area contributed by atoms with Crippen LogP contribution in [0.1, 0.15) is 28.0 Å². The van der Waals surface area contributed by atoms with E-state index in [4.69, 9.17) is 11.6 Å². The number of nitrogens with zero attached hydrogens (tertiary/aromatic N) is 1. The van der Waals surface area contributed by atoms with Gasteiger partial charge >= 0.3 is 0 Å². The number of pyridine rings is 1. The predicted molar refractivity (Wildman–Crippen MR) is 93.1 cm³/mol. The van der Waals surface area contributed by atoms with E-state index in [0.29, 0.717) is 16.3 Å². The van der Waals surface area contributed by atoms with Crippen molar-refractivity contribution in [1.29, 1.82) is 0 Å². The number of carbonyl (C=O) groups is 1. The zero-order chi connectivity index (χ0) is 16.7. The van der Waals surface area contributed by atoms with Gasteiger partial charge in [0.2, 0.25) is 0 Å². The van der Waals surface area contributed by atoms with Crippen molar-refractivity contribution in [1.82, 2.24) is 4.98 Å². The Balaban J connectivity index is 1.85. The van der Waals surface area contributed by atoms with Crippen LogP contribution in [0.25, 0.3) is 10.9 Å². The van der Waals surface area contributed by atoms with Crippen molar-refractivity contribution in [2.75, 3.05) is 5.32 Å². The molecule has 1 amide bonds. The highest BCUT2D eigenvalue weighted by Gasteiger charge is 2.24. The van der Waals surface area contributed by atoms with Gasteiger partial charge in [0.25, 0.3) is 5.91 Å². The fraction of sp³-hybridized carbons (Fsp3) is 0.158. The van der Waals surface area contributed by atoms with Gasteiger partial charge in [-0.15, -0.1) is 0 Å². The van der Waals surface area contributed by atoms with Crippen molar-refractivity contribution in [3.63, 3.8) is 0 Å². The van der Waals surface area contributed by atoms with Gasteiger partial charge < -0.3 is 5.32 Å². The van der Waals surface area contributed by atoms with Gasteiger partial charge in [0, 0.05) is 21.8 Å². The summed E-state index contributed by atoms with van der Waals surface area (Å²) in [6.45, 7) is 0. The summed E-state index contributed by atoms with van der Waals surface area (Å²) in [5, 5.41) is 4.08. The van der Waals surface area contributed by atoms with E-state index >= 15 is 0 Å². The van der Waals surface area contributed by atoms with Crippen molar-refractivity contribution in [2.45, 2.75) is 19.3 Å². The van der Waals surface area contributed by atoms with E-state index in [2.05, 4.69) is 10.3 Å². The Morgan fingerprint density at radius 1 is 1.17 bits per heavy atom. The number of aryl methyl sites for hydroxylation is 1. The van der Waals surface area contributed by atoms with E-state index in [0.717, 1.165) is 41.4 Å². The zero-order valence-corrected chi connectivity index (χ0v) is 13.5. The Kier molecular flexibility index (Phi) is 3.69. The first kappa shape index (κ1) is 15.1. The maximum atomic E-state index is 13.4. The normalized spacial score (nSPS) is 13.1. The molecular formula is C19H14ClFN2O. The Morgan fingerprint density at radius 3 is 2.88 bits per heavy atom. The average Bonchev–Trinajstić information content (AvgIpc) is 3.00. The second-order valence-corrected chi connectivity index (χ2v) is 6.33. The third-order valence-electron chi connectivity index (χ3n) is 4.28. The van der Waals surface area contributed by atoms with Crippen molar-refractivity contribution in [3.05, 3.63) is 70.1 Å². The van der Waals surface area contributed by atoms with Crippen LogP contribution in [0.5, 0.6) is 0 Å². The summed E-state index contributed by atoms with van der Waals surface area (Å²) in [6, 6.07) is 11.2. The lowest BCUT2D eigenvalue weighted by Crippen LogP contribution is -2.15. The van der Waals surface area contributed by atoms with Gasteiger partial charge in [-0.1, -0.05) is 17.7 Å². The SMILES string of the molecule is O=C(Nc1cccc(F)c1)c1c2c(nc3ccc(Cl)cc13)CCC2. The number of amides is 1. The van der Waals surface area contributed by atoms with Crippen molar-refractivity contribution < 1.29 is 9.18 Å². The molecule has 1 heterocycles. The number of nitrogens with one attached hydrogen (secondary N) is 1. The first-order valence-corrected chi connectivity index (χ1v) is 8.17. The number of benzene rings is 2. The number of rotatable bonds is 2. The zero-order valence-electron chi connectivity index (χ0n) is 12.8. The van der Waals surface area contributed by atoms with E-state index < -0.39 is 0 Å². The molecule has 1 aliphatic carbocycles. The molecule has 0 unspecified atom stereocenters. The molecule has 0 radical (unpaired) electrons. The fourth-order valence-electron chi connectivity index (χ4n) is 3.25. The minimum Gasteiger partial charge on any atom is -0.322 e. The van der Waals surface area contributed by atoms with E-state index in [1.807, 2.05) is 6.07 Å². The van der Waals surface area contributed by atoms with E-state index in [1.54, 1.807) is 24.3 Å². The van der Waals surface area contributed by atoms with Crippen LogP contribution in [-0.4, -0.2) is 10.9 Å². The molecule has 5 heteroatoms. The van der Waals surface area contributed by atoms with Gasteiger partial charge in [0.05, 0.1) is 11.1 Å². The number of fused-ring (bicyclic) bond motifs is 2. The number of hydrogen-bond acceptors (Lipinski definition) is 2. The van der Waals surface area contributed by atoms with Crippen molar-refractivity contribution >= 4 is 34.1 Å². The molecular weight excluding hydrogens is 327 g/mol. The summed E-state index contributed by atoms with van der Waals surface area (Å²) in [5.41, 5.74) is 3.72. The maximum absolute atomic E-state index is 13.4. The summed E-state index contributed by atoms with van der Waals surface area (Å²) < 4.78 is 13.4. The lowest BCUT2D eigenvalue weighted by atomic mass is 10.0. The molecule has 0 atom stereocenters. The number of aromatic nitrogens is 1. The maximum Gasteiger partial charge on any atom is 0.256 e. The fourth-order valence-corrected chi connectivity index (χ4v) is 3.43. The molecule has 0 saturated carbocycles. The van der Waals surface area contributed by atoms with Crippen molar-refractivity contribution in [2.24, 2.45) is 0 Å². The second-order valence-electron chi connectivity index (χ2n) is 5.89. The highest BCUT2D eigenvalue weighted by molar-refractivity contribution is 6.31. The molecule has 3 nitrogen and oxygen atoms in total. The molecule has 0 saturated heterocycles. The van der Waals surface area contributed by atoms with Gasteiger partial charge in [0.1, 0.15) is 5.82 Å². The third-order valence-corrected chi connectivity index (χ3v) is 4.52. The van der Waals surface area contributed by atoms with Crippen LogP contribution in [0.3, 0.4) is 0 Å². The summed E-state index contributed by atoms with van der Waals surface area (Å²) in [6.07, 6.45) is 2.66. The molecule has 2 aromatic carbocycles. The van der Waals surface area contributed by atoms with Crippen LogP contribution in [0.4, 0.5) is 10.1 Å². The predicted octanol–water partition coefficient (Wildman–Crippen LogP) is 4.77. The van der Waals surface area contributed by atoms with Crippen LogP contribution in [0.15, 0.2) is 42.5 Å². The molecule has 0 bridgehead atoms. The Bertz CT molecular complexity index is 971. The summed E-state index contributed by atoms with van der Waals surface area (Å²) in [4.78, 5) is 17.6. The molecule has 1 N–H and O–H groups in total. The molecule has 1 aliphatic rings. The van der Waals surface area contributed by atoms with Gasteiger partial charge in [-0.3, -0.25) is 9.78 Å². The second kappa shape index (κ2) is 5.87. The number of hydrogen-bond donors (Lipinski definition) is 1. The van der Waals surface area contributed by atoms with Crippen LogP contribution < -0.4 is 5.32 Å². The number of halogens is 2. The van der Waals surface area contributed by atoms with Crippen LogP contribution in [0.2, 0.25) is 5.02 Å². The molecule has 0 spiro atoms. The van der Waals surface area contributed by atoms with Gasteiger partial charge in [0.15, 0.2) is 0 Å². The quantitative estimate of drug-likeness (QED) is 0.730. The topological polar surface area (TPSA) is 42.0 Å². The van der Waals surface area contributed by atoms with Gasteiger partial charge in [-0.2, -0.15) is 0 Å². The first-order chi connectivity index (χ1) is 11.6. The van der Waals surface area contributed by atoms with Crippen LogP contribution >= 0.6 is 11.6 Å². The molecule has 3 aromatic rings. The molecule has 0 aliphatic heterocycles. The Labute approximate surface area is 143 Å². The Hall–Kier alpha value is -2.46. The van der Waals surface area contributed by atoms with Gasteiger partial charge in [-0.05, 0) is 61.2 Å². The van der Waals surface area contributed by atoms with Crippen LogP contribution in [0, 0.1) is 5.82 Å². The highest BCUT2D eigenvalue weighted by Crippen LogP contribution is 2.32. The van der Waals surface area contributed by atoms with E-state index in [9.17, 15) is 9.18 Å². The number of carbonyl (C=O) groups excluding carboxylic acids is 1. The van der Waals surface area contributed by atoms with Gasteiger partial charge in [-0.25, -0.2) is 4.39 Å². The molecule has 0 fully saturated rings. The highest BCUT2D eigenvalue weighted by atomic mass is 35.5. The number of anilines is 1. The third kappa shape index (κ3) is 2.63. The molecule has 1 aromatic heterocycles. The molecule has 120 valence electrons. The largest absolute Gasteiger partial charge is 0.322 e. The first-order valence-electron chi connectivity index (χ1n) is 7.80. The van der Waals surface area contributed by atoms with E-state index in [-0.39, 0.29) is 11.7 Å². The monoisotopic (exact) mass is 340 g/mol. The standard InChI is InChI=1S/C19H14ClFN2O/c20-11-7-8-17-15(9-11)18(14-5-2-6-16(14)23-17)19(24)22-13-4-1-3-12(21)10-13/h1,3-4,7-10H,2,5-6H2,(H,22,24). The minimum atomic E-state index is -0.388. The lowest BCUT2D eigenvalue weighted by molar-refractivity contribution is 0.102. The summed E-state index contributed by atoms with van der Waals surface area (Å²) in [5.74, 6) is -0.644. The minimum absolute atomic E-state index is 0.256. The summed E-state index contributed by atoms with van der Waals surface area (Å²) >= 11 is 6.12. The smallest absolute Gasteiger partial charge is 0.256 e. The van der Waals surface area contributed by atoms with Crippen molar-refractivity contribution in [3.8, 4) is 0 Å². The Morgan fingerprint density at radius 2 is 2.04 bits per heavy atom. The molecule has 24 heavy (non-hydrogen) atoms. The average molecular weight is 341 g/mol. The lowest BCUT2D eigenvalue weighted by Gasteiger charge is -2.13.